The van der Waals surface area contributed by atoms with Crippen LogP contribution in [0.5, 0.6) is 0 Å². The van der Waals surface area contributed by atoms with E-state index in [9.17, 15) is 4.79 Å². The molecule has 0 N–H and O–H groups in total. The fourth-order valence-electron chi connectivity index (χ4n) is 1.65. The van der Waals surface area contributed by atoms with Gasteiger partial charge in [-0.25, -0.2) is 9.97 Å². The number of nitrogens with zero attached hydrogens (tertiary/aromatic N) is 3. The zero-order valence-electron chi connectivity index (χ0n) is 8.23. The zero-order chi connectivity index (χ0) is 9.97. The van der Waals surface area contributed by atoms with Crippen molar-refractivity contribution in [1.29, 1.82) is 0 Å². The first kappa shape index (κ1) is 9.27. The average Bonchev–Trinajstić information content (AvgIpc) is 2.51. The van der Waals surface area contributed by atoms with Crippen molar-refractivity contribution in [2.24, 2.45) is 0 Å². The standard InChI is InChI=1S/C10H13N3O/c1-8-11-4-2-9(12-8)6-13-5-3-10(14)7-13/h2,4H,3,5-7H2,1H3. The van der Waals surface area contributed by atoms with Gasteiger partial charge in [0, 0.05) is 25.7 Å². The van der Waals surface area contributed by atoms with E-state index in [1.165, 1.54) is 0 Å². The molecule has 4 nitrogen and oxygen atoms in total. The van der Waals surface area contributed by atoms with Gasteiger partial charge in [-0.1, -0.05) is 0 Å². The second kappa shape index (κ2) is 3.84. The number of Topliss-reactive ketones (excluding diaryl/α,β-unsaturated/α-hetero) is 1. The van der Waals surface area contributed by atoms with E-state index >= 15 is 0 Å². The van der Waals surface area contributed by atoms with Crippen LogP contribution >= 0.6 is 0 Å². The molecule has 0 saturated carbocycles. The Morgan fingerprint density at radius 2 is 2.43 bits per heavy atom. The van der Waals surface area contributed by atoms with Gasteiger partial charge >= 0.3 is 0 Å². The molecule has 1 aromatic rings. The second-order valence-corrected chi connectivity index (χ2v) is 3.59. The summed E-state index contributed by atoms with van der Waals surface area (Å²) in [5.74, 6) is 1.11. The molecule has 0 amide bonds. The number of hydrogen-bond acceptors (Lipinski definition) is 4. The zero-order valence-corrected chi connectivity index (χ0v) is 8.23. The Morgan fingerprint density at radius 3 is 3.07 bits per heavy atom. The first-order valence-electron chi connectivity index (χ1n) is 4.76. The molecule has 1 aliphatic rings. The van der Waals surface area contributed by atoms with Crippen LogP contribution < -0.4 is 0 Å². The van der Waals surface area contributed by atoms with Crippen LogP contribution in [0.1, 0.15) is 17.9 Å². The van der Waals surface area contributed by atoms with E-state index in [2.05, 4.69) is 14.9 Å². The molecule has 1 saturated heterocycles. The number of carbonyl (C=O) groups is 1. The highest BCUT2D eigenvalue weighted by Crippen LogP contribution is 2.08. The van der Waals surface area contributed by atoms with Gasteiger partial charge in [0.2, 0.25) is 0 Å². The maximum atomic E-state index is 11.0. The van der Waals surface area contributed by atoms with Crippen LogP contribution in [-0.4, -0.2) is 33.7 Å². The molecule has 1 fully saturated rings. The van der Waals surface area contributed by atoms with Crippen LogP contribution in [0.4, 0.5) is 0 Å². The molecule has 0 radical (unpaired) electrons. The van der Waals surface area contributed by atoms with E-state index in [-0.39, 0.29) is 0 Å². The Kier molecular flexibility index (Phi) is 2.54. The lowest BCUT2D eigenvalue weighted by Crippen LogP contribution is -2.20. The maximum Gasteiger partial charge on any atom is 0.148 e. The molecule has 0 aliphatic carbocycles. The number of rotatable bonds is 2. The lowest BCUT2D eigenvalue weighted by Gasteiger charge is -2.12. The Bertz CT molecular complexity index is 351. The van der Waals surface area contributed by atoms with Gasteiger partial charge in [0.25, 0.3) is 0 Å². The number of aromatic nitrogens is 2. The second-order valence-electron chi connectivity index (χ2n) is 3.59. The molecular weight excluding hydrogens is 178 g/mol. The number of likely N-dealkylation sites (tertiary alicyclic amines) is 1. The molecule has 1 aromatic heterocycles. The summed E-state index contributed by atoms with van der Waals surface area (Å²) >= 11 is 0. The SMILES string of the molecule is Cc1nccc(CN2CCC(=O)C2)n1. The molecule has 1 aliphatic heterocycles. The van der Waals surface area contributed by atoms with Crippen LogP contribution in [0.3, 0.4) is 0 Å². The van der Waals surface area contributed by atoms with E-state index in [0.717, 1.165) is 24.6 Å². The Balaban J connectivity index is 2.00. The number of carbonyl (C=O) groups excluding carboxylic acids is 1. The smallest absolute Gasteiger partial charge is 0.148 e. The van der Waals surface area contributed by atoms with E-state index in [1.54, 1.807) is 6.20 Å². The molecule has 0 spiro atoms. The number of aryl methyl sites for hydroxylation is 1. The van der Waals surface area contributed by atoms with Crippen molar-refractivity contribution in [3.05, 3.63) is 23.8 Å². The van der Waals surface area contributed by atoms with Crippen molar-refractivity contribution in [3.8, 4) is 0 Å². The lowest BCUT2D eigenvalue weighted by molar-refractivity contribution is -0.116. The predicted octanol–water partition coefficient (Wildman–Crippen LogP) is 0.560. The number of ketones is 1. The summed E-state index contributed by atoms with van der Waals surface area (Å²) in [5, 5.41) is 0. The van der Waals surface area contributed by atoms with Crippen molar-refractivity contribution in [2.45, 2.75) is 19.9 Å². The molecular formula is C10H13N3O. The van der Waals surface area contributed by atoms with Gasteiger partial charge in [-0.3, -0.25) is 9.69 Å². The van der Waals surface area contributed by atoms with Crippen molar-refractivity contribution in [2.75, 3.05) is 13.1 Å². The van der Waals surface area contributed by atoms with E-state index in [4.69, 9.17) is 0 Å². The predicted molar refractivity (Wildman–Crippen MR) is 51.7 cm³/mol. The highest BCUT2D eigenvalue weighted by Gasteiger charge is 2.19. The monoisotopic (exact) mass is 191 g/mol. The third-order valence-electron chi connectivity index (χ3n) is 2.33. The largest absolute Gasteiger partial charge is 0.298 e. The van der Waals surface area contributed by atoms with E-state index in [1.807, 2.05) is 13.0 Å². The molecule has 0 atom stereocenters. The Hall–Kier alpha value is -1.29. The van der Waals surface area contributed by atoms with Crippen molar-refractivity contribution in [1.82, 2.24) is 14.9 Å². The highest BCUT2D eigenvalue weighted by atomic mass is 16.1. The third-order valence-corrected chi connectivity index (χ3v) is 2.33. The molecule has 14 heavy (non-hydrogen) atoms. The summed E-state index contributed by atoms with van der Waals surface area (Å²) in [6.45, 7) is 4.07. The molecule has 4 heteroatoms. The van der Waals surface area contributed by atoms with Crippen LogP contribution in [0.2, 0.25) is 0 Å². The first-order chi connectivity index (χ1) is 6.74. The molecule has 0 bridgehead atoms. The quantitative estimate of drug-likeness (QED) is 0.685. The average molecular weight is 191 g/mol. The van der Waals surface area contributed by atoms with Crippen LogP contribution in [0.15, 0.2) is 12.3 Å². The summed E-state index contributed by atoms with van der Waals surface area (Å²) in [6.07, 6.45) is 2.44. The molecule has 2 heterocycles. The van der Waals surface area contributed by atoms with Gasteiger partial charge in [-0.2, -0.15) is 0 Å². The van der Waals surface area contributed by atoms with Crippen molar-refractivity contribution < 1.29 is 4.79 Å². The van der Waals surface area contributed by atoms with Crippen molar-refractivity contribution >= 4 is 5.78 Å². The third kappa shape index (κ3) is 2.14. The summed E-state index contributed by atoms with van der Waals surface area (Å²) in [5.41, 5.74) is 0.993. The van der Waals surface area contributed by atoms with Gasteiger partial charge in [-0.05, 0) is 13.0 Å². The maximum absolute atomic E-state index is 11.0. The lowest BCUT2D eigenvalue weighted by atomic mass is 10.3. The van der Waals surface area contributed by atoms with Crippen LogP contribution in [0.25, 0.3) is 0 Å². The Morgan fingerprint density at radius 1 is 1.57 bits per heavy atom. The van der Waals surface area contributed by atoms with Crippen LogP contribution in [0, 0.1) is 6.92 Å². The fourth-order valence-corrected chi connectivity index (χ4v) is 1.65. The first-order valence-corrected chi connectivity index (χ1v) is 4.76. The number of hydrogen-bond donors (Lipinski definition) is 0. The van der Waals surface area contributed by atoms with Gasteiger partial charge in [0.05, 0.1) is 12.2 Å². The van der Waals surface area contributed by atoms with Gasteiger partial charge in [0.15, 0.2) is 0 Å². The normalized spacial score (nSPS) is 17.6. The minimum absolute atomic E-state index is 0.329. The minimum atomic E-state index is 0.329. The summed E-state index contributed by atoms with van der Waals surface area (Å²) in [7, 11) is 0. The molecule has 2 rings (SSSR count). The Labute approximate surface area is 83.0 Å². The summed E-state index contributed by atoms with van der Waals surface area (Å²) < 4.78 is 0. The fraction of sp³-hybridized carbons (Fsp3) is 0.500. The highest BCUT2D eigenvalue weighted by molar-refractivity contribution is 5.82. The molecule has 0 aromatic carbocycles. The van der Waals surface area contributed by atoms with Gasteiger partial charge < -0.3 is 0 Å². The van der Waals surface area contributed by atoms with Crippen LogP contribution in [-0.2, 0) is 11.3 Å². The minimum Gasteiger partial charge on any atom is -0.298 e. The van der Waals surface area contributed by atoms with Gasteiger partial charge in [-0.15, -0.1) is 0 Å². The summed E-state index contributed by atoms with van der Waals surface area (Å²) in [6, 6.07) is 1.90. The topological polar surface area (TPSA) is 46.1 Å². The van der Waals surface area contributed by atoms with Crippen molar-refractivity contribution in [3.63, 3.8) is 0 Å². The van der Waals surface area contributed by atoms with E-state index in [0.29, 0.717) is 18.7 Å². The molecule has 0 unspecified atom stereocenters. The van der Waals surface area contributed by atoms with Gasteiger partial charge in [0.1, 0.15) is 11.6 Å². The molecule has 74 valence electrons. The summed E-state index contributed by atoms with van der Waals surface area (Å²) in [4.78, 5) is 21.5. The van der Waals surface area contributed by atoms with E-state index < -0.39 is 0 Å².